The molecule has 2 aliphatic heterocycles. The van der Waals surface area contributed by atoms with Crippen LogP contribution in [0.2, 0.25) is 0 Å². The number of carboxylic acids is 2. The lowest BCUT2D eigenvalue weighted by atomic mass is 9.86. The Balaban J connectivity index is 1.93. The summed E-state index contributed by atoms with van der Waals surface area (Å²) < 4.78 is 48.4. The molecule has 0 amide bonds. The van der Waals surface area contributed by atoms with E-state index in [1.807, 2.05) is 25.7 Å². The van der Waals surface area contributed by atoms with Gasteiger partial charge in [-0.15, -0.1) is 0 Å². The largest absolute Gasteiger partial charge is 0.480 e. The second-order valence-electron chi connectivity index (χ2n) is 9.91. The molecule has 10 heteroatoms. The number of hydrogen-bond donors (Lipinski definition) is 2. The number of alkyl halides is 3. The highest BCUT2D eigenvalue weighted by atomic mass is 19.3. The van der Waals surface area contributed by atoms with Crippen molar-refractivity contribution in [3.8, 4) is 0 Å². The molecule has 2 aliphatic rings. The predicted octanol–water partition coefficient (Wildman–Crippen LogP) is 3.44. The van der Waals surface area contributed by atoms with Gasteiger partial charge in [0, 0.05) is 36.2 Å². The zero-order chi connectivity index (χ0) is 24.8. The smallest absolute Gasteiger partial charge is 0.329 e. The van der Waals surface area contributed by atoms with Crippen LogP contribution in [0.3, 0.4) is 0 Å². The molecule has 2 rings (SSSR count). The number of rotatable bonds is 11. The summed E-state index contributed by atoms with van der Waals surface area (Å²) in [7, 11) is 0. The van der Waals surface area contributed by atoms with E-state index < -0.39 is 48.6 Å². The van der Waals surface area contributed by atoms with Gasteiger partial charge in [0.1, 0.15) is 12.8 Å². The van der Waals surface area contributed by atoms with E-state index in [4.69, 9.17) is 14.9 Å². The Morgan fingerprint density at radius 1 is 1.24 bits per heavy atom. The predicted molar refractivity (Wildman–Crippen MR) is 117 cm³/mol. The van der Waals surface area contributed by atoms with Crippen LogP contribution in [-0.2, 0) is 14.3 Å². The fourth-order valence-corrected chi connectivity index (χ4v) is 4.76. The van der Waals surface area contributed by atoms with Gasteiger partial charge in [-0.2, -0.15) is 0 Å². The van der Waals surface area contributed by atoms with Gasteiger partial charge in [-0.25, -0.2) is 22.8 Å². The summed E-state index contributed by atoms with van der Waals surface area (Å²) in [5.41, 5.74) is -0.512. The molecule has 0 aromatic heterocycles. The summed E-state index contributed by atoms with van der Waals surface area (Å²) in [5.74, 6) is -6.22. The number of piperidine rings is 2. The highest BCUT2D eigenvalue weighted by Gasteiger charge is 2.47. The van der Waals surface area contributed by atoms with Crippen molar-refractivity contribution in [3.63, 3.8) is 0 Å². The van der Waals surface area contributed by atoms with E-state index in [2.05, 4.69) is 0 Å². The highest BCUT2D eigenvalue weighted by molar-refractivity contribution is 5.79. The summed E-state index contributed by atoms with van der Waals surface area (Å²) in [6, 6.07) is -0.189. The third kappa shape index (κ3) is 8.26. The van der Waals surface area contributed by atoms with Crippen molar-refractivity contribution in [2.24, 2.45) is 5.92 Å². The summed E-state index contributed by atoms with van der Waals surface area (Å²) in [5, 5.41) is 17.6. The maximum atomic E-state index is 14.7. The molecule has 0 aromatic rings. The van der Waals surface area contributed by atoms with Gasteiger partial charge in [-0.3, -0.25) is 9.80 Å². The Morgan fingerprint density at radius 3 is 2.55 bits per heavy atom. The van der Waals surface area contributed by atoms with Gasteiger partial charge < -0.3 is 14.9 Å². The van der Waals surface area contributed by atoms with Crippen molar-refractivity contribution in [2.75, 3.05) is 32.8 Å². The number of halogens is 3. The Bertz CT molecular complexity index is 704. The lowest BCUT2D eigenvalue weighted by molar-refractivity contribution is -0.158. The Kier molecular flexibility index (Phi) is 9.75. The van der Waals surface area contributed by atoms with Crippen molar-refractivity contribution in [3.05, 3.63) is 12.2 Å². The minimum absolute atomic E-state index is 0.0336. The van der Waals surface area contributed by atoms with Gasteiger partial charge >= 0.3 is 11.9 Å². The number of hydrogen-bond acceptors (Lipinski definition) is 5. The van der Waals surface area contributed by atoms with Crippen LogP contribution in [0.15, 0.2) is 12.2 Å². The van der Waals surface area contributed by atoms with Crippen molar-refractivity contribution >= 4 is 11.9 Å². The van der Waals surface area contributed by atoms with Gasteiger partial charge in [0.15, 0.2) is 0 Å². The molecular weight excluding hydrogens is 441 g/mol. The zero-order valence-corrected chi connectivity index (χ0v) is 19.7. The van der Waals surface area contributed by atoms with Crippen LogP contribution in [0.5, 0.6) is 0 Å². The van der Waals surface area contributed by atoms with Crippen molar-refractivity contribution in [2.45, 2.75) is 82.6 Å². The summed E-state index contributed by atoms with van der Waals surface area (Å²) >= 11 is 0. The Hall–Kier alpha value is -1.65. The van der Waals surface area contributed by atoms with Crippen LogP contribution in [0, 0.1) is 5.92 Å². The highest BCUT2D eigenvalue weighted by Crippen LogP contribution is 2.37. The molecular formula is C23H37F3N2O5. The number of aliphatic carboxylic acids is 2. The van der Waals surface area contributed by atoms with Crippen LogP contribution < -0.4 is 0 Å². The molecule has 2 fully saturated rings. The van der Waals surface area contributed by atoms with Gasteiger partial charge in [-0.05, 0) is 59.4 Å². The fourth-order valence-electron chi connectivity index (χ4n) is 4.76. The van der Waals surface area contributed by atoms with E-state index in [0.717, 1.165) is 6.08 Å². The maximum Gasteiger partial charge on any atom is 0.329 e. The van der Waals surface area contributed by atoms with Crippen LogP contribution in [0.4, 0.5) is 13.2 Å². The first kappa shape index (κ1) is 27.6. The van der Waals surface area contributed by atoms with Crippen LogP contribution in [0.25, 0.3) is 0 Å². The van der Waals surface area contributed by atoms with Gasteiger partial charge in [0.2, 0.25) is 0 Å². The third-order valence-corrected chi connectivity index (χ3v) is 6.96. The average molecular weight is 479 g/mol. The molecule has 0 saturated carbocycles. The lowest BCUT2D eigenvalue weighted by Crippen LogP contribution is -2.57. The molecule has 2 N–H and O–H groups in total. The molecule has 0 aliphatic carbocycles. The first-order valence-electron chi connectivity index (χ1n) is 11.5. The molecule has 33 heavy (non-hydrogen) atoms. The molecule has 0 bridgehead atoms. The van der Waals surface area contributed by atoms with Crippen molar-refractivity contribution in [1.82, 2.24) is 9.80 Å². The van der Waals surface area contributed by atoms with Gasteiger partial charge in [0.25, 0.3) is 5.92 Å². The maximum absolute atomic E-state index is 14.7. The minimum Gasteiger partial charge on any atom is -0.480 e. The second-order valence-corrected chi connectivity index (χ2v) is 9.91. The third-order valence-electron chi connectivity index (χ3n) is 6.96. The van der Waals surface area contributed by atoms with Crippen LogP contribution >= 0.6 is 0 Å². The minimum atomic E-state index is -2.99. The van der Waals surface area contributed by atoms with Crippen molar-refractivity contribution in [1.29, 1.82) is 0 Å². The number of carboxylic acid groups (broad SMARTS) is 2. The number of likely N-dealkylation sites (tertiary alicyclic amines) is 2. The SMILES string of the molecule is CC(CCC(C)(C)N1CCC(COCC(=O)O)C(F)(F)C1)N1CC(F)CCC1/C=C/C(=O)O. The number of nitrogens with zero attached hydrogens (tertiary/aromatic N) is 2. The summed E-state index contributed by atoms with van der Waals surface area (Å²) in [6.07, 6.45) is 4.16. The lowest BCUT2D eigenvalue weighted by Gasteiger charge is -2.47. The van der Waals surface area contributed by atoms with Gasteiger partial charge in [-0.1, -0.05) is 6.08 Å². The normalized spacial score (nSPS) is 28.1. The monoisotopic (exact) mass is 478 g/mol. The first-order valence-corrected chi connectivity index (χ1v) is 11.5. The molecule has 4 atom stereocenters. The zero-order valence-electron chi connectivity index (χ0n) is 19.7. The van der Waals surface area contributed by atoms with E-state index >= 15 is 0 Å². The van der Waals surface area contributed by atoms with E-state index in [1.165, 1.54) is 0 Å². The Morgan fingerprint density at radius 2 is 1.94 bits per heavy atom. The molecule has 4 unspecified atom stereocenters. The van der Waals surface area contributed by atoms with Gasteiger partial charge in [0.05, 0.1) is 13.2 Å². The molecule has 0 radical (unpaired) electrons. The molecule has 7 nitrogen and oxygen atoms in total. The van der Waals surface area contributed by atoms with E-state index in [0.29, 0.717) is 32.2 Å². The quantitative estimate of drug-likeness (QED) is 0.440. The van der Waals surface area contributed by atoms with E-state index in [-0.39, 0.29) is 31.7 Å². The Labute approximate surface area is 193 Å². The van der Waals surface area contributed by atoms with Crippen molar-refractivity contribution < 1.29 is 37.7 Å². The molecule has 0 aromatic carbocycles. The molecule has 190 valence electrons. The molecule has 2 saturated heterocycles. The molecule has 2 heterocycles. The second kappa shape index (κ2) is 11.7. The summed E-state index contributed by atoms with van der Waals surface area (Å²) in [6.45, 7) is 5.22. The fraction of sp³-hybridized carbons (Fsp3) is 0.826. The van der Waals surface area contributed by atoms with Crippen LogP contribution in [0.1, 0.15) is 52.9 Å². The first-order chi connectivity index (χ1) is 15.3. The molecule has 0 spiro atoms. The van der Waals surface area contributed by atoms with E-state index in [1.54, 1.807) is 11.0 Å². The van der Waals surface area contributed by atoms with Crippen LogP contribution in [-0.4, -0.2) is 94.5 Å². The summed E-state index contributed by atoms with van der Waals surface area (Å²) in [4.78, 5) is 25.2. The average Bonchev–Trinajstić information content (AvgIpc) is 2.71. The topological polar surface area (TPSA) is 90.3 Å². The van der Waals surface area contributed by atoms with E-state index in [9.17, 15) is 22.8 Å². The number of ether oxygens (including phenoxy) is 1. The standard InChI is InChI=1S/C23H37F3N2O5/c1-16(28-12-18(24)4-5-19(28)6-7-20(29)30)8-10-22(2,3)27-11-9-17(23(25,26)15-27)13-33-14-21(31)32/h6-7,16-19H,4-5,8-15H2,1-3H3,(H,29,30)(H,31,32)/b7-6+. The number of carbonyl (C=O) groups is 2.